The van der Waals surface area contributed by atoms with E-state index in [1.807, 2.05) is 29.2 Å². The van der Waals surface area contributed by atoms with Gasteiger partial charge in [0.1, 0.15) is 6.10 Å². The van der Waals surface area contributed by atoms with Crippen LogP contribution in [0.2, 0.25) is 0 Å². The molecule has 0 radical (unpaired) electrons. The van der Waals surface area contributed by atoms with Gasteiger partial charge in [-0.2, -0.15) is 5.10 Å². The summed E-state index contributed by atoms with van der Waals surface area (Å²) in [4.78, 5) is 19.3. The van der Waals surface area contributed by atoms with E-state index in [4.69, 9.17) is 4.74 Å². The Balaban J connectivity index is 1.43. The van der Waals surface area contributed by atoms with Gasteiger partial charge in [0.2, 0.25) is 5.91 Å². The molecule has 7 nitrogen and oxygen atoms in total. The van der Waals surface area contributed by atoms with Crippen LogP contribution in [0, 0.1) is 0 Å². The molecule has 1 aliphatic heterocycles. The normalized spacial score (nSPS) is 22.6. The van der Waals surface area contributed by atoms with Crippen LogP contribution in [0.5, 0.6) is 0 Å². The third kappa shape index (κ3) is 4.20. The molecule has 1 amide bonds. The van der Waals surface area contributed by atoms with Crippen LogP contribution in [-0.4, -0.2) is 56.4 Å². The van der Waals surface area contributed by atoms with Gasteiger partial charge in [-0.05, 0) is 31.0 Å². The largest absolute Gasteiger partial charge is 0.389 e. The summed E-state index contributed by atoms with van der Waals surface area (Å²) in [5.74, 6) is 0.0115. The van der Waals surface area contributed by atoms with E-state index in [1.165, 1.54) is 0 Å². The maximum Gasteiger partial charge on any atom is 0.225 e. The highest BCUT2D eigenvalue weighted by Crippen LogP contribution is 2.32. The average Bonchev–Trinajstić information content (AvgIpc) is 3.23. The predicted molar refractivity (Wildman–Crippen MR) is 99.7 cm³/mol. The maximum absolute atomic E-state index is 12.8. The molecule has 0 spiro atoms. The van der Waals surface area contributed by atoms with E-state index in [9.17, 15) is 9.90 Å². The number of H-pyrrole nitrogens is 1. The minimum atomic E-state index is -0.831. The SMILES string of the molecule is O=C(CC1(O)CCCCC1)N1CCO[C@@H](c2cccc(-c3ccn[nH]3)n2)C1. The second-order valence-corrected chi connectivity index (χ2v) is 7.58. The molecule has 1 aliphatic carbocycles. The molecule has 1 saturated heterocycles. The second-order valence-electron chi connectivity index (χ2n) is 7.58. The van der Waals surface area contributed by atoms with Crippen LogP contribution in [0.15, 0.2) is 30.5 Å². The molecule has 0 unspecified atom stereocenters. The Morgan fingerprint density at radius 3 is 2.93 bits per heavy atom. The first-order valence-electron chi connectivity index (χ1n) is 9.71. The highest BCUT2D eigenvalue weighted by Gasteiger charge is 2.35. The van der Waals surface area contributed by atoms with Gasteiger partial charge in [0.05, 0.1) is 42.3 Å². The van der Waals surface area contributed by atoms with Crippen molar-refractivity contribution in [2.45, 2.75) is 50.2 Å². The van der Waals surface area contributed by atoms with E-state index in [1.54, 1.807) is 6.20 Å². The molecule has 7 heteroatoms. The standard InChI is InChI=1S/C20H26N4O3/c25-19(13-20(26)8-2-1-3-9-20)24-11-12-27-18(14-24)17-6-4-5-15(22-17)16-7-10-21-23-16/h4-7,10,18,26H,1-3,8-9,11-14H2,(H,21,23)/t18-/m1/s1. The topological polar surface area (TPSA) is 91.3 Å². The lowest BCUT2D eigenvalue weighted by molar-refractivity contribution is -0.145. The van der Waals surface area contributed by atoms with Crippen LogP contribution in [-0.2, 0) is 9.53 Å². The molecule has 4 rings (SSSR count). The molecule has 2 aromatic heterocycles. The minimum absolute atomic E-state index is 0.0115. The number of morpholine rings is 1. The molecule has 27 heavy (non-hydrogen) atoms. The predicted octanol–water partition coefficient (Wildman–Crippen LogP) is 2.46. The molecule has 2 N–H and O–H groups in total. The van der Waals surface area contributed by atoms with Crippen LogP contribution < -0.4 is 0 Å². The first-order valence-corrected chi connectivity index (χ1v) is 9.71. The number of hydrogen-bond donors (Lipinski definition) is 2. The monoisotopic (exact) mass is 370 g/mol. The Morgan fingerprint density at radius 2 is 2.15 bits per heavy atom. The van der Waals surface area contributed by atoms with Crippen molar-refractivity contribution in [1.29, 1.82) is 0 Å². The van der Waals surface area contributed by atoms with Gasteiger partial charge in [-0.15, -0.1) is 0 Å². The quantitative estimate of drug-likeness (QED) is 0.863. The number of aromatic amines is 1. The third-order valence-electron chi connectivity index (χ3n) is 5.56. The van der Waals surface area contributed by atoms with Crippen LogP contribution in [0.3, 0.4) is 0 Å². The molecule has 3 heterocycles. The van der Waals surface area contributed by atoms with Gasteiger partial charge in [0.25, 0.3) is 0 Å². The molecular formula is C20H26N4O3. The van der Waals surface area contributed by atoms with Gasteiger partial charge in [-0.25, -0.2) is 4.98 Å². The van der Waals surface area contributed by atoms with Gasteiger partial charge < -0.3 is 14.7 Å². The van der Waals surface area contributed by atoms with Crippen molar-refractivity contribution in [3.05, 3.63) is 36.2 Å². The van der Waals surface area contributed by atoms with E-state index in [0.29, 0.717) is 19.7 Å². The molecule has 2 aromatic rings. The summed E-state index contributed by atoms with van der Waals surface area (Å²) in [5.41, 5.74) is 1.62. The highest BCUT2D eigenvalue weighted by molar-refractivity contribution is 5.77. The van der Waals surface area contributed by atoms with Crippen LogP contribution in [0.4, 0.5) is 0 Å². The van der Waals surface area contributed by atoms with Crippen molar-refractivity contribution in [3.63, 3.8) is 0 Å². The zero-order chi connectivity index (χ0) is 18.7. The Bertz CT molecular complexity index is 771. The molecule has 0 bridgehead atoms. The molecule has 144 valence electrons. The van der Waals surface area contributed by atoms with Gasteiger partial charge in [-0.3, -0.25) is 9.89 Å². The number of aliphatic hydroxyl groups is 1. The second kappa shape index (κ2) is 7.78. The fourth-order valence-electron chi connectivity index (χ4n) is 4.01. The number of pyridine rings is 1. The number of carbonyl (C=O) groups excluding carboxylic acids is 1. The fourth-order valence-corrected chi connectivity index (χ4v) is 4.01. The van der Waals surface area contributed by atoms with Crippen molar-refractivity contribution in [2.75, 3.05) is 19.7 Å². The summed E-state index contributed by atoms with van der Waals surface area (Å²) in [5, 5.41) is 17.6. The van der Waals surface area contributed by atoms with Crippen molar-refractivity contribution in [3.8, 4) is 11.4 Å². The number of carbonyl (C=O) groups is 1. The third-order valence-corrected chi connectivity index (χ3v) is 5.56. The molecular weight excluding hydrogens is 344 g/mol. The van der Waals surface area contributed by atoms with Crippen molar-refractivity contribution in [1.82, 2.24) is 20.1 Å². The van der Waals surface area contributed by atoms with E-state index in [-0.39, 0.29) is 18.4 Å². The van der Waals surface area contributed by atoms with E-state index < -0.39 is 5.60 Å². The van der Waals surface area contributed by atoms with E-state index >= 15 is 0 Å². The fraction of sp³-hybridized carbons (Fsp3) is 0.550. The van der Waals surface area contributed by atoms with E-state index in [0.717, 1.165) is 49.2 Å². The summed E-state index contributed by atoms with van der Waals surface area (Å²) in [6.45, 7) is 1.50. The van der Waals surface area contributed by atoms with Gasteiger partial charge in [-0.1, -0.05) is 25.3 Å². The molecule has 1 saturated carbocycles. The summed E-state index contributed by atoms with van der Waals surface area (Å²) in [6.07, 6.45) is 6.24. The van der Waals surface area contributed by atoms with Gasteiger partial charge >= 0.3 is 0 Å². The summed E-state index contributed by atoms with van der Waals surface area (Å²) in [6, 6.07) is 7.65. The van der Waals surface area contributed by atoms with Gasteiger partial charge in [0.15, 0.2) is 0 Å². The lowest BCUT2D eigenvalue weighted by Crippen LogP contribution is -2.46. The van der Waals surface area contributed by atoms with Crippen LogP contribution >= 0.6 is 0 Å². The minimum Gasteiger partial charge on any atom is -0.389 e. The maximum atomic E-state index is 12.8. The first kappa shape index (κ1) is 18.1. The zero-order valence-electron chi connectivity index (χ0n) is 15.4. The zero-order valence-corrected chi connectivity index (χ0v) is 15.4. The number of nitrogens with zero attached hydrogens (tertiary/aromatic N) is 3. The summed E-state index contributed by atoms with van der Waals surface area (Å²) >= 11 is 0. The lowest BCUT2D eigenvalue weighted by atomic mass is 9.82. The highest BCUT2D eigenvalue weighted by atomic mass is 16.5. The Morgan fingerprint density at radius 1 is 1.30 bits per heavy atom. The number of ether oxygens (including phenoxy) is 1. The Kier molecular flexibility index (Phi) is 5.22. The van der Waals surface area contributed by atoms with Crippen molar-refractivity contribution < 1.29 is 14.6 Å². The Labute approximate surface area is 158 Å². The van der Waals surface area contributed by atoms with Crippen LogP contribution in [0.1, 0.15) is 50.3 Å². The number of hydrogen-bond acceptors (Lipinski definition) is 5. The number of amides is 1. The van der Waals surface area contributed by atoms with Crippen molar-refractivity contribution in [2.24, 2.45) is 0 Å². The van der Waals surface area contributed by atoms with Crippen molar-refractivity contribution >= 4 is 5.91 Å². The summed E-state index contributed by atoms with van der Waals surface area (Å²) < 4.78 is 5.89. The van der Waals surface area contributed by atoms with Gasteiger partial charge in [0, 0.05) is 12.7 Å². The first-order chi connectivity index (χ1) is 13.1. The smallest absolute Gasteiger partial charge is 0.225 e. The molecule has 2 aliphatic rings. The lowest BCUT2D eigenvalue weighted by Gasteiger charge is -2.37. The van der Waals surface area contributed by atoms with Crippen LogP contribution in [0.25, 0.3) is 11.4 Å². The summed E-state index contributed by atoms with van der Waals surface area (Å²) in [7, 11) is 0. The average molecular weight is 370 g/mol. The van der Waals surface area contributed by atoms with E-state index in [2.05, 4.69) is 15.2 Å². The number of rotatable bonds is 4. The molecule has 2 fully saturated rings. The number of nitrogens with one attached hydrogen (secondary N) is 1. The number of aromatic nitrogens is 3. The molecule has 1 atom stereocenters. The molecule has 0 aromatic carbocycles. The Hall–Kier alpha value is -2.25.